The van der Waals surface area contributed by atoms with Crippen LogP contribution in [0.25, 0.3) is 0 Å². The van der Waals surface area contributed by atoms with Crippen LogP contribution in [0.15, 0.2) is 103 Å². The van der Waals surface area contributed by atoms with Crippen molar-refractivity contribution in [2.75, 3.05) is 13.1 Å². The monoisotopic (exact) mass is 540 g/mol. The second-order valence-electron chi connectivity index (χ2n) is 10.4. The molecule has 4 aromatic rings. The fourth-order valence-corrected chi connectivity index (χ4v) is 4.57. The predicted molar refractivity (Wildman–Crippen MR) is 156 cm³/mol. The predicted octanol–water partition coefficient (Wildman–Crippen LogP) is 6.07. The van der Waals surface area contributed by atoms with Gasteiger partial charge >= 0.3 is 6.03 Å². The highest BCUT2D eigenvalue weighted by Crippen LogP contribution is 2.15. The average Bonchev–Trinajstić information content (AvgIpc) is 3.39. The van der Waals surface area contributed by atoms with E-state index in [9.17, 15) is 14.0 Å². The standard InChI is InChI=1S/C33H37FN4O2/c1-26(2)21-38(33(40)35-20-27-10-5-3-6-11-27)25-32(39)37(23-28-12-7-4-8-13-28)24-31-14-9-19-36(31)22-29-15-17-30(34)18-16-29/h3-19,26H,20-25H2,1-2H3,(H,35,40). The minimum atomic E-state index is -0.269. The smallest absolute Gasteiger partial charge is 0.318 e. The Balaban J connectivity index is 1.50. The first-order valence-electron chi connectivity index (χ1n) is 13.6. The van der Waals surface area contributed by atoms with Gasteiger partial charge in [0, 0.05) is 38.1 Å². The van der Waals surface area contributed by atoms with Crippen molar-refractivity contribution in [1.29, 1.82) is 0 Å². The molecular formula is C33H37FN4O2. The van der Waals surface area contributed by atoms with E-state index in [4.69, 9.17) is 0 Å². The van der Waals surface area contributed by atoms with Gasteiger partial charge in [0.1, 0.15) is 12.4 Å². The van der Waals surface area contributed by atoms with Gasteiger partial charge in [0.15, 0.2) is 0 Å². The zero-order valence-corrected chi connectivity index (χ0v) is 23.2. The Labute approximate surface area is 236 Å². The first-order valence-corrected chi connectivity index (χ1v) is 13.6. The SMILES string of the molecule is CC(C)CN(CC(=O)N(Cc1ccccc1)Cc1cccn1Cc1ccc(F)cc1)C(=O)NCc1ccccc1. The van der Waals surface area contributed by atoms with Crippen LogP contribution < -0.4 is 5.32 Å². The van der Waals surface area contributed by atoms with Crippen LogP contribution in [0.4, 0.5) is 9.18 Å². The van der Waals surface area contributed by atoms with E-state index in [1.165, 1.54) is 12.1 Å². The molecule has 7 heteroatoms. The minimum Gasteiger partial charge on any atom is -0.345 e. The number of carbonyl (C=O) groups excluding carboxylic acids is 2. The highest BCUT2D eigenvalue weighted by molar-refractivity contribution is 5.84. The van der Waals surface area contributed by atoms with Crippen LogP contribution >= 0.6 is 0 Å². The number of rotatable bonds is 12. The van der Waals surface area contributed by atoms with Gasteiger partial charge in [0.2, 0.25) is 5.91 Å². The van der Waals surface area contributed by atoms with Gasteiger partial charge in [-0.05, 0) is 46.9 Å². The Morgan fingerprint density at radius 1 is 0.775 bits per heavy atom. The van der Waals surface area contributed by atoms with Gasteiger partial charge < -0.3 is 19.7 Å². The van der Waals surface area contributed by atoms with E-state index in [-0.39, 0.29) is 30.2 Å². The number of halogens is 1. The Bertz CT molecular complexity index is 1350. The quantitative estimate of drug-likeness (QED) is 0.237. The molecule has 208 valence electrons. The minimum absolute atomic E-state index is 0.0235. The summed E-state index contributed by atoms with van der Waals surface area (Å²) in [4.78, 5) is 30.4. The van der Waals surface area contributed by atoms with Crippen LogP contribution in [-0.2, 0) is 31.0 Å². The zero-order chi connectivity index (χ0) is 28.3. The van der Waals surface area contributed by atoms with E-state index in [1.807, 2.05) is 92.8 Å². The van der Waals surface area contributed by atoms with Crippen LogP contribution in [0.1, 0.15) is 36.2 Å². The van der Waals surface area contributed by atoms with Gasteiger partial charge in [-0.25, -0.2) is 9.18 Å². The van der Waals surface area contributed by atoms with Crippen LogP contribution in [0.5, 0.6) is 0 Å². The van der Waals surface area contributed by atoms with Gasteiger partial charge in [-0.3, -0.25) is 4.79 Å². The molecule has 0 saturated heterocycles. The molecule has 0 bridgehead atoms. The van der Waals surface area contributed by atoms with Crippen molar-refractivity contribution < 1.29 is 14.0 Å². The van der Waals surface area contributed by atoms with Crippen molar-refractivity contribution in [2.45, 2.75) is 40.0 Å². The van der Waals surface area contributed by atoms with Crippen molar-refractivity contribution in [1.82, 2.24) is 19.7 Å². The van der Waals surface area contributed by atoms with E-state index in [1.54, 1.807) is 21.9 Å². The molecule has 0 saturated carbocycles. The molecule has 3 aromatic carbocycles. The van der Waals surface area contributed by atoms with E-state index in [2.05, 4.69) is 9.88 Å². The molecule has 0 atom stereocenters. The number of urea groups is 1. The van der Waals surface area contributed by atoms with Gasteiger partial charge in [-0.15, -0.1) is 0 Å². The average molecular weight is 541 g/mol. The van der Waals surface area contributed by atoms with Crippen molar-refractivity contribution in [3.05, 3.63) is 131 Å². The Kier molecular flexibility index (Phi) is 10.1. The Morgan fingerprint density at radius 3 is 2.08 bits per heavy atom. The number of aromatic nitrogens is 1. The molecule has 0 radical (unpaired) electrons. The molecule has 40 heavy (non-hydrogen) atoms. The third-order valence-electron chi connectivity index (χ3n) is 6.60. The van der Waals surface area contributed by atoms with Gasteiger partial charge in [-0.1, -0.05) is 86.6 Å². The fourth-order valence-electron chi connectivity index (χ4n) is 4.57. The summed E-state index contributed by atoms with van der Waals surface area (Å²) >= 11 is 0. The summed E-state index contributed by atoms with van der Waals surface area (Å²) in [7, 11) is 0. The summed E-state index contributed by atoms with van der Waals surface area (Å²) in [5.41, 5.74) is 3.94. The van der Waals surface area contributed by atoms with Crippen LogP contribution in [0, 0.1) is 11.7 Å². The molecule has 4 rings (SSSR count). The van der Waals surface area contributed by atoms with E-state index in [0.717, 1.165) is 22.4 Å². The maximum absolute atomic E-state index is 13.8. The van der Waals surface area contributed by atoms with E-state index < -0.39 is 0 Å². The van der Waals surface area contributed by atoms with Crippen LogP contribution in [-0.4, -0.2) is 39.4 Å². The maximum atomic E-state index is 13.8. The number of amides is 3. The third kappa shape index (κ3) is 8.56. The highest BCUT2D eigenvalue weighted by Gasteiger charge is 2.23. The molecule has 1 aromatic heterocycles. The first-order chi connectivity index (χ1) is 19.4. The summed E-state index contributed by atoms with van der Waals surface area (Å²) in [5, 5.41) is 2.97. The summed E-state index contributed by atoms with van der Waals surface area (Å²) in [6, 6.07) is 29.7. The van der Waals surface area contributed by atoms with E-state index >= 15 is 0 Å². The molecule has 0 aliphatic carbocycles. The second-order valence-corrected chi connectivity index (χ2v) is 10.4. The Morgan fingerprint density at radius 2 is 1.43 bits per heavy atom. The molecule has 1 N–H and O–H groups in total. The summed E-state index contributed by atoms with van der Waals surface area (Å²) in [6.45, 7) is 6.27. The van der Waals surface area contributed by atoms with Crippen molar-refractivity contribution in [3.63, 3.8) is 0 Å². The Hall–Kier alpha value is -4.39. The number of hydrogen-bond acceptors (Lipinski definition) is 2. The molecule has 3 amide bonds. The molecule has 0 fully saturated rings. The lowest BCUT2D eigenvalue weighted by Gasteiger charge is -2.29. The number of hydrogen-bond donors (Lipinski definition) is 1. The van der Waals surface area contributed by atoms with Crippen molar-refractivity contribution in [2.24, 2.45) is 5.92 Å². The second kappa shape index (κ2) is 14.1. The molecule has 1 heterocycles. The number of nitrogens with zero attached hydrogens (tertiary/aromatic N) is 3. The van der Waals surface area contributed by atoms with Crippen molar-refractivity contribution >= 4 is 11.9 Å². The summed E-state index contributed by atoms with van der Waals surface area (Å²) in [6.07, 6.45) is 1.96. The topological polar surface area (TPSA) is 57.6 Å². The zero-order valence-electron chi connectivity index (χ0n) is 23.2. The van der Waals surface area contributed by atoms with Gasteiger partial charge in [0.05, 0.1) is 6.54 Å². The van der Waals surface area contributed by atoms with Crippen LogP contribution in [0.3, 0.4) is 0 Å². The lowest BCUT2D eigenvalue weighted by molar-refractivity contribution is -0.133. The number of benzene rings is 3. The largest absolute Gasteiger partial charge is 0.345 e. The molecule has 0 unspecified atom stereocenters. The molecule has 0 aliphatic rings. The summed E-state index contributed by atoms with van der Waals surface area (Å²) < 4.78 is 15.5. The summed E-state index contributed by atoms with van der Waals surface area (Å²) in [5.74, 6) is -0.199. The third-order valence-corrected chi connectivity index (χ3v) is 6.60. The molecular weight excluding hydrogens is 503 g/mol. The molecule has 0 spiro atoms. The maximum Gasteiger partial charge on any atom is 0.318 e. The van der Waals surface area contributed by atoms with Crippen molar-refractivity contribution in [3.8, 4) is 0 Å². The number of nitrogens with one attached hydrogen (secondary N) is 1. The normalized spacial score (nSPS) is 10.9. The first kappa shape index (κ1) is 28.6. The van der Waals surface area contributed by atoms with Crippen LogP contribution in [0.2, 0.25) is 0 Å². The van der Waals surface area contributed by atoms with Gasteiger partial charge in [0.25, 0.3) is 0 Å². The fraction of sp³-hybridized carbons (Fsp3) is 0.273. The number of carbonyl (C=O) groups is 2. The highest BCUT2D eigenvalue weighted by atomic mass is 19.1. The lowest BCUT2D eigenvalue weighted by atomic mass is 10.2. The van der Waals surface area contributed by atoms with E-state index in [0.29, 0.717) is 32.7 Å². The molecule has 0 aliphatic heterocycles. The molecule has 6 nitrogen and oxygen atoms in total. The lowest BCUT2D eigenvalue weighted by Crippen LogP contribution is -2.47. The van der Waals surface area contributed by atoms with Gasteiger partial charge in [-0.2, -0.15) is 0 Å².